The van der Waals surface area contributed by atoms with Crippen LogP contribution in [-0.4, -0.2) is 15.0 Å². The van der Waals surface area contributed by atoms with Crippen molar-refractivity contribution in [2.24, 2.45) is 5.84 Å². The van der Waals surface area contributed by atoms with Gasteiger partial charge in [0.1, 0.15) is 9.86 Å². The van der Waals surface area contributed by atoms with Crippen molar-refractivity contribution in [2.45, 2.75) is 9.92 Å². The molecule has 3 N–H and O–H groups in total. The first-order valence-corrected chi connectivity index (χ1v) is 6.86. The van der Waals surface area contributed by atoms with Crippen LogP contribution in [0.3, 0.4) is 0 Å². The Kier molecular flexibility index (Phi) is 3.09. The average Bonchev–Trinajstić information content (AvgIpc) is 2.88. The number of hydrogen-bond donors (Lipinski definition) is 2. The summed E-state index contributed by atoms with van der Waals surface area (Å²) in [6.07, 6.45) is 3.52. The second kappa shape index (κ2) is 4.89. The summed E-state index contributed by atoms with van der Waals surface area (Å²) in [6.45, 7) is 0. The summed E-state index contributed by atoms with van der Waals surface area (Å²) in [4.78, 5) is 14.7. The fourth-order valence-corrected chi connectivity index (χ4v) is 3.20. The number of anilines is 1. The maximum atomic E-state index is 5.38. The third-order valence-electron chi connectivity index (χ3n) is 2.28. The highest BCUT2D eigenvalue weighted by atomic mass is 32.2. The van der Waals surface area contributed by atoms with Crippen LogP contribution >= 0.6 is 23.1 Å². The van der Waals surface area contributed by atoms with E-state index in [-0.39, 0.29) is 0 Å². The topological polar surface area (TPSA) is 76.7 Å². The molecule has 3 aromatic heterocycles. The lowest BCUT2D eigenvalue weighted by atomic mass is 10.4. The molecule has 3 rings (SSSR count). The predicted octanol–water partition coefficient (Wildman–Crippen LogP) is 2.52. The summed E-state index contributed by atoms with van der Waals surface area (Å²) in [5.74, 6) is 5.81. The number of nitrogens with zero attached hydrogens (tertiary/aromatic N) is 3. The van der Waals surface area contributed by atoms with Crippen LogP contribution in [0.15, 0.2) is 45.9 Å². The lowest BCUT2D eigenvalue weighted by Gasteiger charge is -2.04. The van der Waals surface area contributed by atoms with Crippen molar-refractivity contribution in [3.63, 3.8) is 0 Å². The summed E-state index contributed by atoms with van der Waals surface area (Å²) in [5.41, 5.74) is 2.49. The maximum absolute atomic E-state index is 5.38. The number of hydrazine groups is 1. The van der Waals surface area contributed by atoms with Crippen molar-refractivity contribution in [3.8, 4) is 0 Å². The van der Waals surface area contributed by atoms with Crippen LogP contribution in [0.1, 0.15) is 0 Å². The van der Waals surface area contributed by atoms with E-state index < -0.39 is 0 Å². The van der Waals surface area contributed by atoms with Gasteiger partial charge in [-0.15, -0.1) is 11.3 Å². The molecule has 0 saturated heterocycles. The molecule has 0 bridgehead atoms. The van der Waals surface area contributed by atoms with Gasteiger partial charge < -0.3 is 0 Å². The highest BCUT2D eigenvalue weighted by molar-refractivity contribution is 7.99. The molecule has 0 radical (unpaired) electrons. The zero-order valence-corrected chi connectivity index (χ0v) is 10.8. The summed E-state index contributed by atoms with van der Waals surface area (Å²) < 4.78 is 0. The van der Waals surface area contributed by atoms with Crippen LogP contribution < -0.4 is 11.3 Å². The Morgan fingerprint density at radius 3 is 2.78 bits per heavy atom. The lowest BCUT2D eigenvalue weighted by Crippen LogP contribution is -2.10. The Morgan fingerprint density at radius 2 is 2.00 bits per heavy atom. The van der Waals surface area contributed by atoms with Gasteiger partial charge in [-0.05, 0) is 23.6 Å². The number of pyridine rings is 1. The predicted molar refractivity (Wildman–Crippen MR) is 73.6 cm³/mol. The molecule has 0 fully saturated rings. The Bertz CT molecular complexity index is 668. The van der Waals surface area contributed by atoms with Gasteiger partial charge in [0.15, 0.2) is 0 Å². The molecule has 90 valence electrons. The summed E-state index contributed by atoms with van der Waals surface area (Å²) >= 11 is 3.14. The summed E-state index contributed by atoms with van der Waals surface area (Å²) in [6, 6.07) is 5.91. The number of rotatable bonds is 3. The molecule has 7 heteroatoms. The van der Waals surface area contributed by atoms with Crippen LogP contribution in [0.5, 0.6) is 0 Å². The molecule has 0 spiro atoms. The second-order valence-corrected chi connectivity index (χ2v) is 5.38. The van der Waals surface area contributed by atoms with Gasteiger partial charge in [0.2, 0.25) is 5.95 Å². The first kappa shape index (κ1) is 11.4. The van der Waals surface area contributed by atoms with Gasteiger partial charge in [0, 0.05) is 22.7 Å². The summed E-state index contributed by atoms with van der Waals surface area (Å²) in [7, 11) is 0. The number of aromatic nitrogens is 3. The second-order valence-electron chi connectivity index (χ2n) is 3.42. The normalized spacial score (nSPS) is 10.7. The van der Waals surface area contributed by atoms with E-state index in [1.54, 1.807) is 35.5 Å². The minimum Gasteiger partial charge on any atom is -0.292 e. The minimum atomic E-state index is 0.432. The van der Waals surface area contributed by atoms with Crippen molar-refractivity contribution in [1.29, 1.82) is 0 Å². The molecule has 0 aliphatic carbocycles. The fraction of sp³-hybridized carbons (Fsp3) is 0. The zero-order valence-electron chi connectivity index (χ0n) is 9.20. The molecular weight excluding hydrogens is 266 g/mol. The summed E-state index contributed by atoms with van der Waals surface area (Å²) in [5, 5.41) is 3.93. The molecule has 3 heterocycles. The SMILES string of the molecule is NNc1nc(Sc2ccncc2)c2ccsc2n1. The maximum Gasteiger partial charge on any atom is 0.239 e. The van der Waals surface area contributed by atoms with Crippen molar-refractivity contribution in [1.82, 2.24) is 15.0 Å². The molecule has 18 heavy (non-hydrogen) atoms. The van der Waals surface area contributed by atoms with Gasteiger partial charge in [-0.25, -0.2) is 15.8 Å². The fourth-order valence-electron chi connectivity index (χ4n) is 1.49. The van der Waals surface area contributed by atoms with Crippen molar-refractivity contribution < 1.29 is 0 Å². The molecule has 0 aliphatic rings. The van der Waals surface area contributed by atoms with Crippen LogP contribution in [0, 0.1) is 0 Å². The molecule has 5 nitrogen and oxygen atoms in total. The number of nitrogens with one attached hydrogen (secondary N) is 1. The zero-order chi connectivity index (χ0) is 12.4. The molecule has 3 aromatic rings. The highest BCUT2D eigenvalue weighted by Crippen LogP contribution is 2.33. The molecule has 0 aliphatic heterocycles. The Morgan fingerprint density at radius 1 is 1.17 bits per heavy atom. The Balaban J connectivity index is 2.07. The number of nitrogens with two attached hydrogens (primary N) is 1. The van der Waals surface area contributed by atoms with Crippen molar-refractivity contribution in [3.05, 3.63) is 36.0 Å². The standard InChI is InChI=1S/C11H9N5S2/c12-16-11-14-9-8(3-6-17-9)10(15-11)18-7-1-4-13-5-2-7/h1-6H,12H2,(H,14,15,16). The van der Waals surface area contributed by atoms with E-state index >= 15 is 0 Å². The van der Waals surface area contributed by atoms with E-state index in [4.69, 9.17) is 5.84 Å². The van der Waals surface area contributed by atoms with Crippen LogP contribution in [-0.2, 0) is 0 Å². The van der Waals surface area contributed by atoms with E-state index in [1.807, 2.05) is 23.6 Å². The average molecular weight is 275 g/mol. The third kappa shape index (κ3) is 2.15. The molecule has 0 amide bonds. The number of fused-ring (bicyclic) bond motifs is 1. The Labute approximate surface area is 111 Å². The van der Waals surface area contributed by atoms with Gasteiger partial charge in [-0.1, -0.05) is 11.8 Å². The van der Waals surface area contributed by atoms with Crippen molar-refractivity contribution >= 4 is 39.3 Å². The largest absolute Gasteiger partial charge is 0.292 e. The quantitative estimate of drug-likeness (QED) is 0.434. The smallest absolute Gasteiger partial charge is 0.239 e. The number of nitrogen functional groups attached to an aromatic ring is 1. The number of hydrogen-bond acceptors (Lipinski definition) is 7. The third-order valence-corrected chi connectivity index (χ3v) is 4.10. The molecule has 0 aromatic carbocycles. The van der Waals surface area contributed by atoms with Crippen LogP contribution in [0.25, 0.3) is 10.2 Å². The van der Waals surface area contributed by atoms with E-state index in [2.05, 4.69) is 20.4 Å². The monoisotopic (exact) mass is 275 g/mol. The Hall–Kier alpha value is -1.70. The lowest BCUT2D eigenvalue weighted by molar-refractivity contribution is 1.08. The molecule has 0 saturated carbocycles. The van der Waals surface area contributed by atoms with Gasteiger partial charge >= 0.3 is 0 Å². The van der Waals surface area contributed by atoms with Gasteiger partial charge in [-0.2, -0.15) is 0 Å². The molecule has 0 unspecified atom stereocenters. The van der Waals surface area contributed by atoms with E-state index in [0.29, 0.717) is 5.95 Å². The van der Waals surface area contributed by atoms with Gasteiger partial charge in [0.05, 0.1) is 0 Å². The van der Waals surface area contributed by atoms with Crippen LogP contribution in [0.4, 0.5) is 5.95 Å². The van der Waals surface area contributed by atoms with Crippen LogP contribution in [0.2, 0.25) is 0 Å². The molecular formula is C11H9N5S2. The minimum absolute atomic E-state index is 0.432. The first-order chi connectivity index (χ1) is 8.86. The molecule has 0 atom stereocenters. The van der Waals surface area contributed by atoms with Gasteiger partial charge in [-0.3, -0.25) is 10.4 Å². The van der Waals surface area contributed by atoms with E-state index in [0.717, 1.165) is 20.1 Å². The number of thiophene rings is 1. The van der Waals surface area contributed by atoms with Crippen molar-refractivity contribution in [2.75, 3.05) is 5.43 Å². The van der Waals surface area contributed by atoms with E-state index in [9.17, 15) is 0 Å². The van der Waals surface area contributed by atoms with E-state index in [1.165, 1.54) is 0 Å². The first-order valence-electron chi connectivity index (χ1n) is 5.16. The highest BCUT2D eigenvalue weighted by Gasteiger charge is 2.09. The van der Waals surface area contributed by atoms with Gasteiger partial charge in [0.25, 0.3) is 0 Å².